The van der Waals surface area contributed by atoms with Gasteiger partial charge in [-0.25, -0.2) is 4.79 Å². The summed E-state index contributed by atoms with van der Waals surface area (Å²) in [5.74, 6) is -1.06. The number of hydrogen-bond acceptors (Lipinski definition) is 3. The van der Waals surface area contributed by atoms with Crippen LogP contribution in [0.25, 0.3) is 0 Å². The van der Waals surface area contributed by atoms with E-state index in [0.717, 1.165) is 19.4 Å². The largest absolute Gasteiger partial charge is 0.480 e. The third-order valence-electron chi connectivity index (χ3n) is 4.02. The van der Waals surface area contributed by atoms with Crippen molar-refractivity contribution in [3.63, 3.8) is 0 Å². The van der Waals surface area contributed by atoms with E-state index in [-0.39, 0.29) is 5.91 Å². The third-order valence-corrected chi connectivity index (χ3v) is 4.02. The molecule has 1 unspecified atom stereocenters. The van der Waals surface area contributed by atoms with Crippen molar-refractivity contribution in [3.05, 3.63) is 0 Å². The molecule has 1 atom stereocenters. The van der Waals surface area contributed by atoms with E-state index in [1.165, 1.54) is 4.90 Å². The van der Waals surface area contributed by atoms with Gasteiger partial charge in [0.2, 0.25) is 5.91 Å². The van der Waals surface area contributed by atoms with Crippen LogP contribution in [0.3, 0.4) is 0 Å². The van der Waals surface area contributed by atoms with Crippen LogP contribution in [0.5, 0.6) is 0 Å². The molecule has 1 amide bonds. The van der Waals surface area contributed by atoms with Gasteiger partial charge in [-0.3, -0.25) is 4.79 Å². The zero-order chi connectivity index (χ0) is 14.0. The van der Waals surface area contributed by atoms with E-state index < -0.39 is 17.0 Å². The van der Waals surface area contributed by atoms with Gasteiger partial charge in [-0.05, 0) is 46.6 Å². The highest BCUT2D eigenvalue weighted by molar-refractivity contribution is 5.92. The molecule has 1 fully saturated rings. The molecule has 5 heteroatoms. The number of nitrogens with zero attached hydrogens (tertiary/aromatic N) is 1. The Morgan fingerprint density at radius 2 is 2.00 bits per heavy atom. The first-order valence-corrected chi connectivity index (χ1v) is 6.62. The number of carboxylic acids is 1. The lowest BCUT2D eigenvalue weighted by molar-refractivity contribution is -0.159. The molecule has 2 N–H and O–H groups in total. The van der Waals surface area contributed by atoms with Crippen LogP contribution in [0.1, 0.15) is 47.0 Å². The van der Waals surface area contributed by atoms with Crippen LogP contribution in [-0.4, -0.2) is 46.1 Å². The maximum Gasteiger partial charge on any atom is 0.329 e. The Balaban J connectivity index is 3.02. The van der Waals surface area contributed by atoms with Gasteiger partial charge in [0, 0.05) is 6.54 Å². The lowest BCUT2D eigenvalue weighted by Gasteiger charge is -2.40. The second-order valence-electron chi connectivity index (χ2n) is 5.38. The number of rotatable bonds is 5. The molecule has 1 aliphatic rings. The second kappa shape index (κ2) is 5.26. The van der Waals surface area contributed by atoms with Gasteiger partial charge < -0.3 is 15.3 Å². The molecule has 0 spiro atoms. The van der Waals surface area contributed by atoms with Crippen molar-refractivity contribution in [3.8, 4) is 0 Å². The number of carboxylic acid groups (broad SMARTS) is 1. The van der Waals surface area contributed by atoms with Gasteiger partial charge in [-0.2, -0.15) is 0 Å². The van der Waals surface area contributed by atoms with Gasteiger partial charge in [0.05, 0.1) is 5.54 Å². The SMILES string of the molecule is CCN(C(=O)C1(CC)CCCN1)C(C)(C)C(=O)O. The van der Waals surface area contributed by atoms with Gasteiger partial charge in [0.25, 0.3) is 0 Å². The van der Waals surface area contributed by atoms with Crippen LogP contribution in [-0.2, 0) is 9.59 Å². The standard InChI is InChI=1S/C13H24N2O3/c1-5-13(8-7-9-14-13)10(16)15(6-2)12(3,4)11(17)18/h14H,5-9H2,1-4H3,(H,17,18). The molecule has 0 saturated carbocycles. The average Bonchev–Trinajstić information content (AvgIpc) is 2.78. The van der Waals surface area contributed by atoms with Crippen LogP contribution >= 0.6 is 0 Å². The zero-order valence-corrected chi connectivity index (χ0v) is 11.7. The van der Waals surface area contributed by atoms with E-state index in [0.29, 0.717) is 13.0 Å². The molecule has 1 aliphatic heterocycles. The minimum atomic E-state index is -1.17. The van der Waals surface area contributed by atoms with Gasteiger partial charge in [0.1, 0.15) is 5.54 Å². The second-order valence-corrected chi connectivity index (χ2v) is 5.38. The van der Waals surface area contributed by atoms with Crippen molar-refractivity contribution in [1.29, 1.82) is 0 Å². The Hall–Kier alpha value is -1.10. The van der Waals surface area contributed by atoms with Crippen LogP contribution in [0.4, 0.5) is 0 Å². The lowest BCUT2D eigenvalue weighted by atomic mass is 9.89. The minimum absolute atomic E-state index is 0.0857. The summed E-state index contributed by atoms with van der Waals surface area (Å²) in [5.41, 5.74) is -1.74. The molecule has 1 heterocycles. The number of amides is 1. The summed E-state index contributed by atoms with van der Waals surface area (Å²) in [6.07, 6.45) is 2.44. The van der Waals surface area contributed by atoms with E-state index in [1.807, 2.05) is 13.8 Å². The van der Waals surface area contributed by atoms with Crippen LogP contribution in [0, 0.1) is 0 Å². The van der Waals surface area contributed by atoms with Crippen molar-refractivity contribution in [2.75, 3.05) is 13.1 Å². The quantitative estimate of drug-likeness (QED) is 0.776. The number of aliphatic carboxylic acids is 1. The molecular weight excluding hydrogens is 232 g/mol. The molecule has 1 saturated heterocycles. The monoisotopic (exact) mass is 256 g/mol. The summed E-state index contributed by atoms with van der Waals surface area (Å²) in [6.45, 7) is 8.18. The van der Waals surface area contributed by atoms with Gasteiger partial charge in [-0.1, -0.05) is 6.92 Å². The maximum absolute atomic E-state index is 12.7. The number of hydrogen-bond donors (Lipinski definition) is 2. The summed E-state index contributed by atoms with van der Waals surface area (Å²) in [4.78, 5) is 25.5. The highest BCUT2D eigenvalue weighted by atomic mass is 16.4. The molecule has 0 aromatic heterocycles. The predicted molar refractivity (Wildman–Crippen MR) is 69.4 cm³/mol. The minimum Gasteiger partial charge on any atom is -0.480 e. The van der Waals surface area contributed by atoms with Crippen molar-refractivity contribution in [2.45, 2.75) is 58.0 Å². The smallest absolute Gasteiger partial charge is 0.329 e. The highest BCUT2D eigenvalue weighted by Crippen LogP contribution is 2.28. The first kappa shape index (κ1) is 15.0. The van der Waals surface area contributed by atoms with Gasteiger partial charge >= 0.3 is 5.97 Å². The Morgan fingerprint density at radius 1 is 1.39 bits per heavy atom. The molecule has 1 rings (SSSR count). The van der Waals surface area contributed by atoms with E-state index in [1.54, 1.807) is 13.8 Å². The predicted octanol–water partition coefficient (Wildman–Crippen LogP) is 1.23. The Labute approximate surface area is 109 Å². The third kappa shape index (κ3) is 2.36. The van der Waals surface area contributed by atoms with Crippen molar-refractivity contribution in [1.82, 2.24) is 10.2 Å². The first-order valence-electron chi connectivity index (χ1n) is 6.62. The fraction of sp³-hybridized carbons (Fsp3) is 0.846. The van der Waals surface area contributed by atoms with E-state index in [4.69, 9.17) is 0 Å². The van der Waals surface area contributed by atoms with E-state index in [2.05, 4.69) is 5.32 Å². The topological polar surface area (TPSA) is 69.6 Å². The highest BCUT2D eigenvalue weighted by Gasteiger charge is 2.47. The number of likely N-dealkylation sites (N-methyl/N-ethyl adjacent to an activating group) is 1. The first-order chi connectivity index (χ1) is 8.31. The maximum atomic E-state index is 12.7. The number of carbonyl (C=O) groups excluding carboxylic acids is 1. The Kier molecular flexibility index (Phi) is 4.37. The molecular formula is C13H24N2O3. The molecule has 5 nitrogen and oxygen atoms in total. The van der Waals surface area contributed by atoms with E-state index in [9.17, 15) is 14.7 Å². The number of carbonyl (C=O) groups is 2. The zero-order valence-electron chi connectivity index (χ0n) is 11.7. The van der Waals surface area contributed by atoms with Gasteiger partial charge in [0.15, 0.2) is 0 Å². The fourth-order valence-electron chi connectivity index (χ4n) is 2.61. The normalized spacial score (nSPS) is 24.0. The molecule has 0 aromatic carbocycles. The summed E-state index contributed by atoms with van der Waals surface area (Å²) >= 11 is 0. The molecule has 0 radical (unpaired) electrons. The summed E-state index contributed by atoms with van der Waals surface area (Å²) in [7, 11) is 0. The van der Waals surface area contributed by atoms with Crippen molar-refractivity contribution < 1.29 is 14.7 Å². The summed E-state index contributed by atoms with van der Waals surface area (Å²) in [5, 5.41) is 12.5. The van der Waals surface area contributed by atoms with Crippen LogP contribution in [0.15, 0.2) is 0 Å². The Morgan fingerprint density at radius 3 is 2.33 bits per heavy atom. The van der Waals surface area contributed by atoms with E-state index >= 15 is 0 Å². The average molecular weight is 256 g/mol. The van der Waals surface area contributed by atoms with Crippen molar-refractivity contribution in [2.24, 2.45) is 0 Å². The Bertz CT molecular complexity index is 333. The lowest BCUT2D eigenvalue weighted by Crippen LogP contribution is -2.62. The molecule has 104 valence electrons. The number of nitrogens with one attached hydrogen (secondary N) is 1. The fourth-order valence-corrected chi connectivity index (χ4v) is 2.61. The molecule has 18 heavy (non-hydrogen) atoms. The van der Waals surface area contributed by atoms with Crippen molar-refractivity contribution >= 4 is 11.9 Å². The van der Waals surface area contributed by atoms with Gasteiger partial charge in [-0.15, -0.1) is 0 Å². The summed E-state index contributed by atoms with van der Waals surface area (Å²) < 4.78 is 0. The van der Waals surface area contributed by atoms with Crippen LogP contribution < -0.4 is 5.32 Å². The molecule has 0 bridgehead atoms. The summed E-state index contributed by atoms with van der Waals surface area (Å²) in [6, 6.07) is 0. The molecule has 0 aliphatic carbocycles. The molecule has 0 aromatic rings. The van der Waals surface area contributed by atoms with Crippen LogP contribution in [0.2, 0.25) is 0 Å².